The molecule has 2 N–H and O–H groups in total. The Bertz CT molecular complexity index is 363. The number of aromatic nitrogens is 1. The van der Waals surface area contributed by atoms with Gasteiger partial charge in [-0.3, -0.25) is 4.57 Å². The molecule has 1 heterocycles. The molecule has 0 saturated carbocycles. The molecule has 0 spiro atoms. The second-order valence-corrected chi connectivity index (χ2v) is 6.72. The van der Waals surface area contributed by atoms with Gasteiger partial charge in [-0.1, -0.05) is 20.8 Å². The maximum absolute atomic E-state index is 10.7. The molecule has 14 heavy (non-hydrogen) atoms. The van der Waals surface area contributed by atoms with Crippen LogP contribution in [0.4, 0.5) is 0 Å². The van der Waals surface area contributed by atoms with Gasteiger partial charge in [0.15, 0.2) is 0 Å². The lowest BCUT2D eigenvalue weighted by Crippen LogP contribution is -2.10. The summed E-state index contributed by atoms with van der Waals surface area (Å²) >= 11 is 1.44. The fraction of sp³-hybridized carbons (Fsp3) is 0.625. The third-order valence-corrected chi connectivity index (χ3v) is 3.61. The summed E-state index contributed by atoms with van der Waals surface area (Å²) in [4.78, 5) is 21.7. The van der Waals surface area contributed by atoms with Crippen molar-refractivity contribution in [2.45, 2.75) is 32.3 Å². The Morgan fingerprint density at radius 3 is 2.43 bits per heavy atom. The molecule has 0 bridgehead atoms. The van der Waals surface area contributed by atoms with Crippen LogP contribution in [0.5, 0.6) is 0 Å². The topological polar surface area (TPSA) is 70.4 Å². The van der Waals surface area contributed by atoms with Crippen molar-refractivity contribution in [3.8, 4) is 0 Å². The Labute approximate surface area is 87.2 Å². The third kappa shape index (κ3) is 3.50. The molecule has 0 unspecified atom stereocenters. The highest BCUT2D eigenvalue weighted by atomic mass is 32.1. The largest absolute Gasteiger partial charge is 0.331 e. The Kier molecular flexibility index (Phi) is 3.17. The average Bonchev–Trinajstić information content (AvgIpc) is 2.29. The highest BCUT2D eigenvalue weighted by molar-refractivity contribution is 7.50. The normalized spacial score (nSPS) is 13.2. The standard InChI is InChI=1S/C8H14NO3PS/c1-8(2,3)7-9-6(5-14-7)4-13(10,11)12/h5H,4H2,1-3H3,(H2,10,11,12). The van der Waals surface area contributed by atoms with Gasteiger partial charge in [0.25, 0.3) is 0 Å². The van der Waals surface area contributed by atoms with Gasteiger partial charge in [0, 0.05) is 10.8 Å². The summed E-state index contributed by atoms with van der Waals surface area (Å²) in [6.07, 6.45) is -0.264. The second-order valence-electron chi connectivity index (χ2n) is 4.22. The van der Waals surface area contributed by atoms with Crippen LogP contribution in [0, 0.1) is 0 Å². The number of rotatable bonds is 2. The molecule has 6 heteroatoms. The highest BCUT2D eigenvalue weighted by Crippen LogP contribution is 2.39. The minimum Gasteiger partial charge on any atom is -0.324 e. The molecule has 0 amide bonds. The molecule has 80 valence electrons. The Hall–Kier alpha value is -0.220. The lowest BCUT2D eigenvalue weighted by Gasteiger charge is -2.13. The van der Waals surface area contributed by atoms with Crippen molar-refractivity contribution in [2.24, 2.45) is 0 Å². The zero-order valence-corrected chi connectivity index (χ0v) is 10.1. The van der Waals surface area contributed by atoms with Crippen molar-refractivity contribution in [2.75, 3.05) is 0 Å². The minimum atomic E-state index is -3.98. The van der Waals surface area contributed by atoms with Crippen molar-refractivity contribution in [3.63, 3.8) is 0 Å². The maximum atomic E-state index is 10.7. The minimum absolute atomic E-state index is 0.0577. The van der Waals surface area contributed by atoms with Crippen molar-refractivity contribution in [1.82, 2.24) is 4.98 Å². The Balaban J connectivity index is 2.85. The van der Waals surface area contributed by atoms with E-state index in [0.717, 1.165) is 5.01 Å². The maximum Gasteiger partial charge on any atom is 0.331 e. The molecule has 0 aliphatic carbocycles. The van der Waals surface area contributed by atoms with Gasteiger partial charge >= 0.3 is 7.60 Å². The third-order valence-electron chi connectivity index (χ3n) is 1.56. The number of hydrogen-bond acceptors (Lipinski definition) is 3. The van der Waals surface area contributed by atoms with Gasteiger partial charge in [-0.15, -0.1) is 11.3 Å². The van der Waals surface area contributed by atoms with Gasteiger partial charge < -0.3 is 9.79 Å². The van der Waals surface area contributed by atoms with E-state index < -0.39 is 7.60 Å². The summed E-state index contributed by atoms with van der Waals surface area (Å²) in [6.45, 7) is 6.06. The summed E-state index contributed by atoms with van der Waals surface area (Å²) in [7, 11) is -3.98. The average molecular weight is 235 g/mol. The van der Waals surface area contributed by atoms with Crippen LogP contribution in [0.3, 0.4) is 0 Å². The van der Waals surface area contributed by atoms with E-state index in [9.17, 15) is 4.57 Å². The molecule has 0 aliphatic heterocycles. The van der Waals surface area contributed by atoms with Gasteiger partial charge in [0.2, 0.25) is 0 Å². The number of thiazole rings is 1. The first-order valence-corrected chi connectivity index (χ1v) is 6.86. The first kappa shape index (κ1) is 11.9. The van der Waals surface area contributed by atoms with E-state index in [1.165, 1.54) is 11.3 Å². The van der Waals surface area contributed by atoms with Gasteiger partial charge in [0.1, 0.15) is 0 Å². The van der Waals surface area contributed by atoms with E-state index in [1.807, 2.05) is 20.8 Å². The number of hydrogen-bond donors (Lipinski definition) is 2. The molecular formula is C8H14NO3PS. The first-order chi connectivity index (χ1) is 6.18. The van der Waals surface area contributed by atoms with Gasteiger partial charge in [-0.05, 0) is 0 Å². The summed E-state index contributed by atoms with van der Waals surface area (Å²) in [6, 6.07) is 0. The highest BCUT2D eigenvalue weighted by Gasteiger charge is 2.21. The Morgan fingerprint density at radius 1 is 1.50 bits per heavy atom. The van der Waals surface area contributed by atoms with Crippen molar-refractivity contribution in [1.29, 1.82) is 0 Å². The van der Waals surface area contributed by atoms with Crippen LogP contribution in [-0.4, -0.2) is 14.8 Å². The Morgan fingerprint density at radius 2 is 2.07 bits per heavy atom. The molecule has 0 radical (unpaired) electrons. The molecular weight excluding hydrogens is 221 g/mol. The fourth-order valence-electron chi connectivity index (χ4n) is 0.935. The quantitative estimate of drug-likeness (QED) is 0.770. The van der Waals surface area contributed by atoms with Crippen molar-refractivity contribution >= 4 is 18.9 Å². The predicted octanol–water partition coefficient (Wildman–Crippen LogP) is 2.12. The molecule has 0 fully saturated rings. The van der Waals surface area contributed by atoms with Gasteiger partial charge in [-0.2, -0.15) is 0 Å². The van der Waals surface area contributed by atoms with Crippen LogP contribution in [0.15, 0.2) is 5.38 Å². The molecule has 1 aromatic rings. The van der Waals surface area contributed by atoms with E-state index in [4.69, 9.17) is 9.79 Å². The van der Waals surface area contributed by atoms with Crippen molar-refractivity contribution < 1.29 is 14.4 Å². The zero-order chi connectivity index (χ0) is 11.0. The SMILES string of the molecule is CC(C)(C)c1nc(CP(=O)(O)O)cs1. The molecule has 4 nitrogen and oxygen atoms in total. The molecule has 0 saturated heterocycles. The van der Waals surface area contributed by atoms with Gasteiger partial charge in [-0.25, -0.2) is 4.98 Å². The summed E-state index contributed by atoms with van der Waals surface area (Å²) in [5, 5.41) is 2.61. The smallest absolute Gasteiger partial charge is 0.324 e. The van der Waals surface area contributed by atoms with Crippen LogP contribution < -0.4 is 0 Å². The van der Waals surface area contributed by atoms with Crippen LogP contribution in [0.1, 0.15) is 31.5 Å². The van der Waals surface area contributed by atoms with Crippen LogP contribution in [0.25, 0.3) is 0 Å². The molecule has 0 aliphatic rings. The lowest BCUT2D eigenvalue weighted by molar-refractivity contribution is 0.371. The predicted molar refractivity (Wildman–Crippen MR) is 56.6 cm³/mol. The molecule has 0 aromatic carbocycles. The summed E-state index contributed by atoms with van der Waals surface area (Å²) in [5.41, 5.74) is 0.422. The van der Waals surface area contributed by atoms with E-state index >= 15 is 0 Å². The zero-order valence-electron chi connectivity index (χ0n) is 8.39. The molecule has 0 atom stereocenters. The first-order valence-electron chi connectivity index (χ1n) is 4.18. The molecule has 1 rings (SSSR count). The second kappa shape index (κ2) is 3.74. The van der Waals surface area contributed by atoms with E-state index in [-0.39, 0.29) is 11.6 Å². The monoisotopic (exact) mass is 235 g/mol. The number of nitrogens with zero attached hydrogens (tertiary/aromatic N) is 1. The van der Waals surface area contributed by atoms with Crippen LogP contribution in [-0.2, 0) is 16.1 Å². The van der Waals surface area contributed by atoms with Crippen LogP contribution >= 0.6 is 18.9 Å². The fourth-order valence-corrected chi connectivity index (χ4v) is 2.55. The molecule has 1 aromatic heterocycles. The van der Waals surface area contributed by atoms with Gasteiger partial charge in [0.05, 0.1) is 16.9 Å². The van der Waals surface area contributed by atoms with E-state index in [1.54, 1.807) is 5.38 Å². The summed E-state index contributed by atoms with van der Waals surface area (Å²) < 4.78 is 10.7. The van der Waals surface area contributed by atoms with E-state index in [2.05, 4.69) is 4.98 Å². The summed E-state index contributed by atoms with van der Waals surface area (Å²) in [5.74, 6) is 0. The lowest BCUT2D eigenvalue weighted by atomic mass is 9.98. The van der Waals surface area contributed by atoms with Crippen LogP contribution in [0.2, 0.25) is 0 Å². The van der Waals surface area contributed by atoms with E-state index in [0.29, 0.717) is 5.69 Å². The van der Waals surface area contributed by atoms with Crippen molar-refractivity contribution in [3.05, 3.63) is 16.1 Å².